The second-order valence-electron chi connectivity index (χ2n) is 6.25. The maximum atomic E-state index is 13.0. The highest BCUT2D eigenvalue weighted by Crippen LogP contribution is 2.26. The van der Waals surface area contributed by atoms with Gasteiger partial charge in [0.1, 0.15) is 5.69 Å². The summed E-state index contributed by atoms with van der Waals surface area (Å²) < 4.78 is 6.80. The quantitative estimate of drug-likeness (QED) is 0.861. The van der Waals surface area contributed by atoms with Crippen molar-refractivity contribution in [3.05, 3.63) is 47.8 Å². The molecule has 1 atom stereocenters. The maximum Gasteiger partial charge on any atom is 0.274 e. The number of ether oxygens (including phenoxy) is 1. The highest BCUT2D eigenvalue weighted by Gasteiger charge is 2.28. The number of benzene rings is 1. The third kappa shape index (κ3) is 3.28. The average molecular weight is 328 g/mol. The van der Waals surface area contributed by atoms with Crippen LogP contribution in [0, 0.1) is 0 Å². The lowest BCUT2D eigenvalue weighted by Gasteiger charge is -2.27. The summed E-state index contributed by atoms with van der Waals surface area (Å²) in [5, 5.41) is 4.39. The van der Waals surface area contributed by atoms with Crippen LogP contribution in [0.15, 0.2) is 36.5 Å². The zero-order valence-electron chi connectivity index (χ0n) is 14.5. The first kappa shape index (κ1) is 16.5. The van der Waals surface area contributed by atoms with Crippen LogP contribution in [0.4, 0.5) is 5.69 Å². The van der Waals surface area contributed by atoms with Crippen LogP contribution < -0.4 is 4.90 Å². The molecular weight excluding hydrogens is 304 g/mol. The molecule has 0 radical (unpaired) electrons. The van der Waals surface area contributed by atoms with Crippen LogP contribution in [0.3, 0.4) is 0 Å². The van der Waals surface area contributed by atoms with Crippen LogP contribution in [0.5, 0.6) is 0 Å². The molecule has 1 amide bonds. The fourth-order valence-corrected chi connectivity index (χ4v) is 3.15. The Bertz CT molecular complexity index is 713. The van der Waals surface area contributed by atoms with Crippen molar-refractivity contribution in [1.82, 2.24) is 14.7 Å². The first-order valence-electron chi connectivity index (χ1n) is 8.22. The molecule has 1 aromatic carbocycles. The van der Waals surface area contributed by atoms with Gasteiger partial charge in [-0.3, -0.25) is 9.48 Å². The summed E-state index contributed by atoms with van der Waals surface area (Å²) in [4.78, 5) is 17.1. The molecule has 3 rings (SSSR count). The molecule has 6 nitrogen and oxygen atoms in total. The molecule has 1 aliphatic rings. The monoisotopic (exact) mass is 328 g/mol. The number of nitrogens with zero attached hydrogens (tertiary/aromatic N) is 4. The fraction of sp³-hybridized carbons (Fsp3) is 0.444. The van der Waals surface area contributed by atoms with Crippen molar-refractivity contribution in [1.29, 1.82) is 0 Å². The lowest BCUT2D eigenvalue weighted by Crippen LogP contribution is -2.42. The van der Waals surface area contributed by atoms with Crippen molar-refractivity contribution in [3.63, 3.8) is 0 Å². The Labute approximate surface area is 142 Å². The van der Waals surface area contributed by atoms with E-state index in [9.17, 15) is 4.79 Å². The van der Waals surface area contributed by atoms with Crippen LogP contribution in [0.25, 0.3) is 0 Å². The number of likely N-dealkylation sites (N-methyl/N-ethyl adjacent to an activating group) is 1. The zero-order valence-corrected chi connectivity index (χ0v) is 14.5. The van der Waals surface area contributed by atoms with Gasteiger partial charge in [-0.2, -0.15) is 5.10 Å². The molecule has 128 valence electrons. The first-order chi connectivity index (χ1) is 11.6. The van der Waals surface area contributed by atoms with Crippen molar-refractivity contribution in [2.24, 2.45) is 0 Å². The normalized spacial score (nSPS) is 17.5. The second-order valence-corrected chi connectivity index (χ2v) is 6.25. The summed E-state index contributed by atoms with van der Waals surface area (Å²) in [6.45, 7) is 4.71. The number of para-hydroxylation sites is 1. The van der Waals surface area contributed by atoms with Crippen molar-refractivity contribution in [2.45, 2.75) is 26.1 Å². The Morgan fingerprint density at radius 3 is 2.92 bits per heavy atom. The van der Waals surface area contributed by atoms with E-state index in [1.54, 1.807) is 17.9 Å². The fourth-order valence-electron chi connectivity index (χ4n) is 3.15. The third-order valence-electron chi connectivity index (χ3n) is 4.46. The molecule has 2 heterocycles. The van der Waals surface area contributed by atoms with Crippen molar-refractivity contribution in [3.8, 4) is 0 Å². The second kappa shape index (κ2) is 7.05. The number of rotatable bonds is 4. The van der Waals surface area contributed by atoms with Crippen LogP contribution in [0.1, 0.15) is 23.0 Å². The SMILES string of the molecule is COCCn1ccc(C(=O)N2Cc3ccccc3N(C)C[C@H]2C)n1. The average Bonchev–Trinajstić information content (AvgIpc) is 3.01. The van der Waals surface area contributed by atoms with E-state index in [-0.39, 0.29) is 11.9 Å². The zero-order chi connectivity index (χ0) is 17.1. The van der Waals surface area contributed by atoms with Gasteiger partial charge < -0.3 is 14.5 Å². The molecule has 0 saturated carbocycles. The van der Waals surface area contributed by atoms with Gasteiger partial charge >= 0.3 is 0 Å². The highest BCUT2D eigenvalue weighted by atomic mass is 16.5. The molecule has 0 saturated heterocycles. The number of fused-ring (bicyclic) bond motifs is 1. The third-order valence-corrected chi connectivity index (χ3v) is 4.46. The molecule has 0 bridgehead atoms. The first-order valence-corrected chi connectivity index (χ1v) is 8.22. The molecule has 1 aliphatic heterocycles. The van der Waals surface area contributed by atoms with Crippen molar-refractivity contribution >= 4 is 11.6 Å². The molecule has 2 aromatic rings. The molecule has 6 heteroatoms. The molecular formula is C18H24N4O2. The Kier molecular flexibility index (Phi) is 4.85. The van der Waals surface area contributed by atoms with Gasteiger partial charge in [-0.25, -0.2) is 0 Å². The Balaban J connectivity index is 1.82. The van der Waals surface area contributed by atoms with Crippen LogP contribution >= 0.6 is 0 Å². The van der Waals surface area contributed by atoms with E-state index in [0.717, 1.165) is 12.1 Å². The summed E-state index contributed by atoms with van der Waals surface area (Å²) in [5.41, 5.74) is 2.83. The van der Waals surface area contributed by atoms with Gasteiger partial charge in [-0.15, -0.1) is 0 Å². The van der Waals surface area contributed by atoms with Crippen molar-refractivity contribution < 1.29 is 9.53 Å². The minimum Gasteiger partial charge on any atom is -0.383 e. The summed E-state index contributed by atoms with van der Waals surface area (Å²) >= 11 is 0. The maximum absolute atomic E-state index is 13.0. The van der Waals surface area contributed by atoms with E-state index < -0.39 is 0 Å². The van der Waals surface area contributed by atoms with Gasteiger partial charge in [0.05, 0.1) is 13.2 Å². The Morgan fingerprint density at radius 1 is 1.33 bits per heavy atom. The van der Waals surface area contributed by atoms with Gasteiger partial charge in [0.25, 0.3) is 5.91 Å². The predicted octanol–water partition coefficient (Wildman–Crippen LogP) is 2.01. The van der Waals surface area contributed by atoms with Crippen molar-refractivity contribution in [2.75, 3.05) is 32.2 Å². The number of amides is 1. The van der Waals surface area contributed by atoms with Crippen LogP contribution in [0.2, 0.25) is 0 Å². The molecule has 0 fully saturated rings. The number of carbonyl (C=O) groups is 1. The van der Waals surface area contributed by atoms with E-state index in [1.807, 2.05) is 23.2 Å². The van der Waals surface area contributed by atoms with E-state index in [2.05, 4.69) is 36.1 Å². The summed E-state index contributed by atoms with van der Waals surface area (Å²) in [6.07, 6.45) is 1.83. The number of hydrogen-bond donors (Lipinski definition) is 0. The van der Waals surface area contributed by atoms with Gasteiger partial charge in [0, 0.05) is 45.2 Å². The summed E-state index contributed by atoms with van der Waals surface area (Å²) in [5.74, 6) is -0.0243. The topological polar surface area (TPSA) is 50.6 Å². The van der Waals surface area contributed by atoms with E-state index in [1.165, 1.54) is 5.69 Å². The summed E-state index contributed by atoms with van der Waals surface area (Å²) in [6, 6.07) is 10.1. The molecule has 0 spiro atoms. The van der Waals surface area contributed by atoms with Gasteiger partial charge in [-0.05, 0) is 24.6 Å². The number of hydrogen-bond acceptors (Lipinski definition) is 4. The largest absolute Gasteiger partial charge is 0.383 e. The van der Waals surface area contributed by atoms with E-state index in [0.29, 0.717) is 25.4 Å². The molecule has 24 heavy (non-hydrogen) atoms. The minimum absolute atomic E-state index is 0.0243. The van der Waals surface area contributed by atoms with E-state index in [4.69, 9.17) is 4.74 Å². The molecule has 0 unspecified atom stereocenters. The molecule has 1 aromatic heterocycles. The lowest BCUT2D eigenvalue weighted by atomic mass is 10.1. The minimum atomic E-state index is -0.0243. The number of methoxy groups -OCH3 is 1. The predicted molar refractivity (Wildman–Crippen MR) is 93.2 cm³/mol. The number of aromatic nitrogens is 2. The van der Waals surface area contributed by atoms with Crippen LogP contribution in [-0.4, -0.2) is 53.9 Å². The smallest absolute Gasteiger partial charge is 0.274 e. The van der Waals surface area contributed by atoms with Gasteiger partial charge in [0.15, 0.2) is 0 Å². The van der Waals surface area contributed by atoms with E-state index >= 15 is 0 Å². The number of carbonyl (C=O) groups excluding carboxylic acids is 1. The van der Waals surface area contributed by atoms with Gasteiger partial charge in [0.2, 0.25) is 0 Å². The van der Waals surface area contributed by atoms with Crippen LogP contribution in [-0.2, 0) is 17.8 Å². The standard InChI is InChI=1S/C18H24N4O2/c1-14-12-20(2)17-7-5-4-6-15(17)13-22(14)18(23)16-8-9-21(19-16)10-11-24-3/h4-9,14H,10-13H2,1-3H3/t14-/m1/s1. The Morgan fingerprint density at radius 2 is 2.12 bits per heavy atom. The van der Waals surface area contributed by atoms with Gasteiger partial charge in [-0.1, -0.05) is 18.2 Å². The Hall–Kier alpha value is -2.34. The molecule has 0 aliphatic carbocycles. The highest BCUT2D eigenvalue weighted by molar-refractivity contribution is 5.92. The lowest BCUT2D eigenvalue weighted by molar-refractivity contribution is 0.0679. The summed E-state index contributed by atoms with van der Waals surface area (Å²) in [7, 11) is 3.73. The molecule has 0 N–H and O–H groups in total. The number of anilines is 1.